The van der Waals surface area contributed by atoms with E-state index in [1.165, 1.54) is 0 Å². The summed E-state index contributed by atoms with van der Waals surface area (Å²) in [5.41, 5.74) is 4.18. The third-order valence-corrected chi connectivity index (χ3v) is 5.09. The number of hydrogen-bond donors (Lipinski definition) is 1. The van der Waals surface area contributed by atoms with Crippen molar-refractivity contribution in [3.05, 3.63) is 100 Å². The lowest BCUT2D eigenvalue weighted by atomic mass is 10.1. The molecule has 3 aromatic carbocycles. The minimum absolute atomic E-state index is 0.283. The molecule has 0 aliphatic heterocycles. The van der Waals surface area contributed by atoms with E-state index in [4.69, 9.17) is 23.2 Å². The molecule has 0 atom stereocenters. The number of aromatic nitrogens is 2. The van der Waals surface area contributed by atoms with Crippen molar-refractivity contribution in [2.24, 2.45) is 0 Å². The highest BCUT2D eigenvalue weighted by Gasteiger charge is 2.23. The normalized spacial score (nSPS) is 10.7. The van der Waals surface area contributed by atoms with Crippen molar-refractivity contribution in [3.8, 4) is 16.9 Å². The van der Waals surface area contributed by atoms with Gasteiger partial charge in [0, 0.05) is 21.8 Å². The second-order valence-corrected chi connectivity index (χ2v) is 7.36. The molecule has 1 aromatic heterocycles. The maximum absolute atomic E-state index is 13.0. The number of benzene rings is 3. The molecule has 0 saturated heterocycles. The number of amides is 1. The van der Waals surface area contributed by atoms with Crippen LogP contribution in [0.2, 0.25) is 10.0 Å². The van der Waals surface area contributed by atoms with Crippen LogP contribution in [0, 0.1) is 6.92 Å². The van der Waals surface area contributed by atoms with Gasteiger partial charge in [0.2, 0.25) is 0 Å². The van der Waals surface area contributed by atoms with Crippen LogP contribution in [0.4, 0.5) is 5.69 Å². The van der Waals surface area contributed by atoms with Crippen LogP contribution in [0.3, 0.4) is 0 Å². The van der Waals surface area contributed by atoms with E-state index in [9.17, 15) is 4.79 Å². The molecular weight excluding hydrogens is 405 g/mol. The summed E-state index contributed by atoms with van der Waals surface area (Å²) in [4.78, 5) is 13.0. The van der Waals surface area contributed by atoms with E-state index in [0.29, 0.717) is 27.1 Å². The van der Waals surface area contributed by atoms with E-state index in [-0.39, 0.29) is 5.91 Å². The van der Waals surface area contributed by atoms with Gasteiger partial charge in [-0.2, -0.15) is 5.10 Å². The number of halogens is 2. The molecule has 0 fully saturated rings. The Morgan fingerprint density at radius 2 is 1.59 bits per heavy atom. The molecule has 0 unspecified atom stereocenters. The Bertz CT molecular complexity index is 1170. The van der Waals surface area contributed by atoms with Gasteiger partial charge in [0.1, 0.15) is 0 Å². The van der Waals surface area contributed by atoms with Gasteiger partial charge < -0.3 is 5.32 Å². The molecule has 0 saturated carbocycles. The molecule has 0 radical (unpaired) electrons. The number of nitrogens with one attached hydrogen (secondary N) is 1. The third kappa shape index (κ3) is 3.90. The molecule has 0 bridgehead atoms. The first-order valence-corrected chi connectivity index (χ1v) is 9.77. The van der Waals surface area contributed by atoms with Crippen molar-refractivity contribution in [2.75, 3.05) is 5.32 Å². The van der Waals surface area contributed by atoms with Gasteiger partial charge >= 0.3 is 0 Å². The Morgan fingerprint density at radius 3 is 2.24 bits per heavy atom. The number of anilines is 1. The van der Waals surface area contributed by atoms with Crippen molar-refractivity contribution in [3.63, 3.8) is 0 Å². The Kier molecular flexibility index (Phi) is 5.38. The SMILES string of the molecule is Cc1c(C(=O)Nc2ccccc2)nn(-c2ccc(Cl)cc2Cl)c1-c1ccccc1. The van der Waals surface area contributed by atoms with Crippen LogP contribution in [0.5, 0.6) is 0 Å². The van der Waals surface area contributed by atoms with Crippen molar-refractivity contribution in [1.82, 2.24) is 9.78 Å². The van der Waals surface area contributed by atoms with Gasteiger partial charge in [0.05, 0.1) is 16.4 Å². The Hall–Kier alpha value is -3.08. The van der Waals surface area contributed by atoms with Crippen LogP contribution >= 0.6 is 23.2 Å². The van der Waals surface area contributed by atoms with Gasteiger partial charge in [-0.3, -0.25) is 4.79 Å². The van der Waals surface area contributed by atoms with E-state index in [1.54, 1.807) is 22.9 Å². The molecular formula is C23H17Cl2N3O. The van der Waals surface area contributed by atoms with Gasteiger partial charge in [-0.25, -0.2) is 4.68 Å². The monoisotopic (exact) mass is 421 g/mol. The Morgan fingerprint density at radius 1 is 0.931 bits per heavy atom. The molecule has 4 nitrogen and oxygen atoms in total. The Balaban J connectivity index is 1.86. The van der Waals surface area contributed by atoms with Gasteiger partial charge in [0.25, 0.3) is 5.91 Å². The number of rotatable bonds is 4. The highest BCUT2D eigenvalue weighted by atomic mass is 35.5. The molecule has 4 aromatic rings. The zero-order valence-electron chi connectivity index (χ0n) is 15.6. The maximum atomic E-state index is 13.0. The summed E-state index contributed by atoms with van der Waals surface area (Å²) in [7, 11) is 0. The fourth-order valence-corrected chi connectivity index (χ4v) is 3.67. The second-order valence-electron chi connectivity index (χ2n) is 6.52. The van der Waals surface area contributed by atoms with Crippen molar-refractivity contribution < 1.29 is 4.79 Å². The summed E-state index contributed by atoms with van der Waals surface area (Å²) in [5.74, 6) is -0.283. The summed E-state index contributed by atoms with van der Waals surface area (Å²) >= 11 is 12.5. The molecule has 1 amide bonds. The van der Waals surface area contributed by atoms with Gasteiger partial charge in [-0.05, 0) is 37.3 Å². The molecule has 0 aliphatic carbocycles. The molecule has 4 rings (SSSR count). The van der Waals surface area contributed by atoms with E-state index >= 15 is 0 Å². The summed E-state index contributed by atoms with van der Waals surface area (Å²) < 4.78 is 1.70. The summed E-state index contributed by atoms with van der Waals surface area (Å²) in [5, 5.41) is 8.50. The smallest absolute Gasteiger partial charge is 0.276 e. The van der Waals surface area contributed by atoms with Crippen LogP contribution in [0.1, 0.15) is 16.1 Å². The predicted molar refractivity (Wildman–Crippen MR) is 118 cm³/mol. The molecule has 0 aliphatic rings. The summed E-state index contributed by atoms with van der Waals surface area (Å²) in [6.07, 6.45) is 0. The molecule has 6 heteroatoms. The fraction of sp³-hybridized carbons (Fsp3) is 0.0435. The number of carbonyl (C=O) groups excluding carboxylic acids is 1. The van der Waals surface area contributed by atoms with Gasteiger partial charge in [-0.1, -0.05) is 71.7 Å². The zero-order valence-corrected chi connectivity index (χ0v) is 17.1. The van der Waals surface area contributed by atoms with Gasteiger partial charge in [-0.15, -0.1) is 0 Å². The largest absolute Gasteiger partial charge is 0.321 e. The number of para-hydroxylation sites is 1. The zero-order chi connectivity index (χ0) is 20.4. The highest BCUT2D eigenvalue weighted by Crippen LogP contribution is 2.32. The Labute approximate surface area is 178 Å². The first-order valence-electron chi connectivity index (χ1n) is 9.01. The number of hydrogen-bond acceptors (Lipinski definition) is 2. The summed E-state index contributed by atoms with van der Waals surface area (Å²) in [6, 6.07) is 24.3. The van der Waals surface area contributed by atoms with Crippen LogP contribution in [-0.4, -0.2) is 15.7 Å². The number of carbonyl (C=O) groups is 1. The third-order valence-electron chi connectivity index (χ3n) is 4.55. The average molecular weight is 422 g/mol. The minimum Gasteiger partial charge on any atom is -0.321 e. The lowest BCUT2D eigenvalue weighted by molar-refractivity contribution is 0.102. The fourth-order valence-electron chi connectivity index (χ4n) is 3.19. The van der Waals surface area contributed by atoms with E-state index < -0.39 is 0 Å². The molecule has 0 spiro atoms. The van der Waals surface area contributed by atoms with E-state index in [0.717, 1.165) is 16.8 Å². The van der Waals surface area contributed by atoms with Crippen molar-refractivity contribution in [1.29, 1.82) is 0 Å². The van der Waals surface area contributed by atoms with Gasteiger partial charge in [0.15, 0.2) is 5.69 Å². The van der Waals surface area contributed by atoms with E-state index in [2.05, 4.69) is 10.4 Å². The molecule has 1 heterocycles. The van der Waals surface area contributed by atoms with Crippen LogP contribution in [0.15, 0.2) is 78.9 Å². The lowest BCUT2D eigenvalue weighted by Crippen LogP contribution is -2.14. The predicted octanol–water partition coefficient (Wildman–Crippen LogP) is 6.41. The van der Waals surface area contributed by atoms with Crippen LogP contribution < -0.4 is 5.32 Å². The lowest BCUT2D eigenvalue weighted by Gasteiger charge is -2.10. The minimum atomic E-state index is -0.283. The first-order chi connectivity index (χ1) is 14.0. The molecule has 29 heavy (non-hydrogen) atoms. The highest BCUT2D eigenvalue weighted by molar-refractivity contribution is 6.35. The molecule has 144 valence electrons. The second kappa shape index (κ2) is 8.11. The standard InChI is InChI=1S/C23H17Cl2N3O/c1-15-21(23(29)26-18-10-6-3-7-11-18)27-28(20-13-12-17(24)14-19(20)25)22(15)16-8-4-2-5-9-16/h2-14H,1H3,(H,26,29). The molecule has 1 N–H and O–H groups in total. The maximum Gasteiger partial charge on any atom is 0.276 e. The quantitative estimate of drug-likeness (QED) is 0.413. The van der Waals surface area contributed by atoms with Crippen LogP contribution in [0.25, 0.3) is 16.9 Å². The van der Waals surface area contributed by atoms with Crippen molar-refractivity contribution >= 4 is 34.8 Å². The first kappa shape index (κ1) is 19.2. The van der Waals surface area contributed by atoms with Crippen molar-refractivity contribution in [2.45, 2.75) is 6.92 Å². The van der Waals surface area contributed by atoms with Crippen LogP contribution in [-0.2, 0) is 0 Å². The number of nitrogens with zero attached hydrogens (tertiary/aromatic N) is 2. The summed E-state index contributed by atoms with van der Waals surface area (Å²) in [6.45, 7) is 1.88. The average Bonchev–Trinajstić information content (AvgIpc) is 3.06. The topological polar surface area (TPSA) is 46.9 Å². The van der Waals surface area contributed by atoms with E-state index in [1.807, 2.05) is 67.6 Å².